The molecule has 5 heterocycles. The van der Waals surface area contributed by atoms with E-state index in [1.807, 2.05) is 46.9 Å². The molecule has 668 valence electrons. The standard InChI is InChI=1S/C13H14N2O8S.C13H19NO6S.C9H11NO6S.C9H18O5S.C9H18O3S.C6H11BrO2.C4H3NO2.C4H10O.CH2O3.HNS.Na/c16-9-2-3-10(17)14(9)6-1-7-24(21,22)8-13(20)23-15-11(18)4-5-12(15)19;1-13(2,3)20-12(17)9-21(18,19)8-4-7-14-10(15)5-6-11(14)16;11-7-2-3-8(12)10(7)4-1-5-17(15,16)6-9(13)14;1-9(2,3)14-8(11)7-15(12,13)6-4-5-10;1-9(2,3)12-8(11)7-13-6-4-5-10;1-6(2,3)9-5(8)4-7;6-3-1-2-4(7)5-3;1-2-3-4-5;2-1-4-3;1-2;/h2-3H,1,4-8H2;5-6H,4,7-9H2,1-3H3;2-3H,1,4-6H2,(H,13,14);10H,4-7H2,1-3H3;10H,4-7H2,1-3H3;4H2,1-3H3;1-2H,(H,5,6,7);5H,2-4H2,1H3;1,3H;1H;/q;;;;;;;;;;+1/p-1. The number of carboxylic acids is 1. The van der Waals surface area contributed by atoms with Crippen LogP contribution < -0.4 is 40.1 Å². The van der Waals surface area contributed by atoms with Gasteiger partial charge in [-0.3, -0.25) is 96.7 Å². The third-order valence-corrected chi connectivity index (χ3v) is 19.9. The van der Waals surface area contributed by atoms with E-state index in [-0.39, 0.29) is 164 Å². The first-order chi connectivity index (χ1) is 53.7. The van der Waals surface area contributed by atoms with Crippen LogP contribution >= 0.6 is 27.7 Å². The molecule has 0 atom stereocenters. The van der Waals surface area contributed by atoms with Crippen molar-refractivity contribution in [3.05, 3.63) is 48.6 Å². The maximum absolute atomic E-state index is 11.8. The third kappa shape index (κ3) is 69.3. The molecule has 50 heteroatoms. The van der Waals surface area contributed by atoms with E-state index in [0.717, 1.165) is 76.2 Å². The molecular formula is C68H106BrN6NaO36S6. The number of hydroxylamine groups is 2. The van der Waals surface area contributed by atoms with Crippen molar-refractivity contribution in [2.24, 2.45) is 0 Å². The quantitative estimate of drug-likeness (QED) is 0.00422. The molecule has 0 spiro atoms. The van der Waals surface area contributed by atoms with Gasteiger partial charge in [0.1, 0.15) is 45.0 Å². The van der Waals surface area contributed by atoms with E-state index in [4.69, 9.17) is 54.2 Å². The number of unbranched alkanes of at least 4 members (excludes halogenated alkanes) is 1. The normalized spacial score (nSPS) is 14.0. The number of esters is 4. The van der Waals surface area contributed by atoms with Crippen molar-refractivity contribution in [2.45, 2.75) is 170 Å². The minimum Gasteiger partial charge on any atom is -0.662 e. The molecule has 1 saturated heterocycles. The topological polar surface area (TPSA) is 635 Å². The average molecular weight is 1880 g/mol. The molecule has 5 aliphatic rings. The summed E-state index contributed by atoms with van der Waals surface area (Å²) in [5, 5.41) is 44.4. The second-order valence-electron chi connectivity index (χ2n) is 27.5. The number of amides is 10. The first-order valence-corrected chi connectivity index (χ1v) is 44.7. The van der Waals surface area contributed by atoms with E-state index in [2.05, 4.69) is 45.0 Å². The number of halogens is 1. The zero-order chi connectivity index (χ0) is 92.0. The Bertz CT molecular complexity index is 3850. The Morgan fingerprint density at radius 2 is 0.763 bits per heavy atom. The fraction of sp³-hybridized carbons (Fsp3) is 0.632. The van der Waals surface area contributed by atoms with Crippen molar-refractivity contribution >= 4 is 181 Å². The van der Waals surface area contributed by atoms with Gasteiger partial charge < -0.3 is 54.4 Å². The maximum atomic E-state index is 11.8. The molecule has 6 N–H and O–H groups in total. The molecule has 0 saturated carbocycles. The van der Waals surface area contributed by atoms with Crippen molar-refractivity contribution in [3.63, 3.8) is 0 Å². The molecule has 42 nitrogen and oxygen atoms in total. The monoisotopic (exact) mass is 1880 g/mol. The average Bonchev–Trinajstić information content (AvgIpc) is 1.73. The van der Waals surface area contributed by atoms with Gasteiger partial charge in [-0.25, -0.2) is 43.2 Å². The number of imide groups is 5. The van der Waals surface area contributed by atoms with Crippen LogP contribution in [-0.2, 0) is 162 Å². The first kappa shape index (κ1) is 121. The predicted octanol–water partition coefficient (Wildman–Crippen LogP) is -3.81. The van der Waals surface area contributed by atoms with Gasteiger partial charge in [-0.15, -0.1) is 5.06 Å². The largest absolute Gasteiger partial charge is 1.00 e. The Morgan fingerprint density at radius 1 is 0.483 bits per heavy atom. The van der Waals surface area contributed by atoms with Crippen molar-refractivity contribution in [2.75, 3.05) is 102 Å². The number of nitrogens with zero attached hydrogens (tertiary/aromatic N) is 4. The van der Waals surface area contributed by atoms with Crippen LogP contribution in [0.1, 0.15) is 148 Å². The van der Waals surface area contributed by atoms with Gasteiger partial charge in [-0.2, -0.15) is 11.8 Å². The van der Waals surface area contributed by atoms with Crippen LogP contribution in [0.15, 0.2) is 48.6 Å². The van der Waals surface area contributed by atoms with Gasteiger partial charge in [-0.1, -0.05) is 29.3 Å². The van der Waals surface area contributed by atoms with Crippen LogP contribution in [0.5, 0.6) is 0 Å². The summed E-state index contributed by atoms with van der Waals surface area (Å²) in [5.74, 6) is -13.0. The number of sulfone groups is 4. The van der Waals surface area contributed by atoms with Gasteiger partial charge in [0.2, 0.25) is 0 Å². The van der Waals surface area contributed by atoms with Crippen molar-refractivity contribution < 1.29 is 199 Å². The summed E-state index contributed by atoms with van der Waals surface area (Å²) in [6.07, 6.45) is 11.8. The molecule has 5 rings (SSSR count). The number of hydrogen-bond donors (Lipinski definition) is 6. The summed E-state index contributed by atoms with van der Waals surface area (Å²) >= 11 is 7.82. The molecule has 118 heavy (non-hydrogen) atoms. The molecule has 0 radical (unpaired) electrons. The van der Waals surface area contributed by atoms with E-state index in [0.29, 0.717) is 12.4 Å². The zero-order valence-corrected chi connectivity index (χ0v) is 76.5. The first-order valence-electron chi connectivity index (χ1n) is 34.7. The number of hydrogen-bond acceptors (Lipinski definition) is 38. The summed E-state index contributed by atoms with van der Waals surface area (Å²) in [6, 6.07) is 0. The van der Waals surface area contributed by atoms with E-state index >= 15 is 0 Å². The third-order valence-electron chi connectivity index (χ3n) is 12.0. The molecular weight excluding hydrogens is 1770 g/mol. The number of aliphatic hydroxyl groups excluding tert-OH is 3. The number of aliphatic carboxylic acids is 1. The summed E-state index contributed by atoms with van der Waals surface area (Å²) in [5.41, 5.74) is -2.17. The van der Waals surface area contributed by atoms with Crippen LogP contribution in [0, 0.1) is 4.78 Å². The molecule has 0 aromatic carbocycles. The minimum absolute atomic E-state index is 0. The zero-order valence-electron chi connectivity index (χ0n) is 68.1. The smallest absolute Gasteiger partial charge is 0.662 e. The fourth-order valence-electron chi connectivity index (χ4n) is 7.69. The Hall–Kier alpha value is -7.56. The number of carbonyl (C=O) groups is 17. The molecule has 10 amide bonds. The predicted molar refractivity (Wildman–Crippen MR) is 420 cm³/mol. The van der Waals surface area contributed by atoms with Gasteiger partial charge in [-0.05, 0) is 127 Å². The Labute approximate surface area is 725 Å². The van der Waals surface area contributed by atoms with Crippen LogP contribution in [0.3, 0.4) is 0 Å². The maximum Gasteiger partial charge on any atom is 1.00 e. The molecule has 0 aliphatic carbocycles. The molecule has 5 aliphatic heterocycles. The van der Waals surface area contributed by atoms with Crippen molar-refractivity contribution in [1.82, 2.24) is 25.1 Å². The van der Waals surface area contributed by atoms with Gasteiger partial charge >= 0.3 is 65.4 Å². The molecule has 0 unspecified atom stereocenters. The van der Waals surface area contributed by atoms with E-state index in [1.54, 1.807) is 41.5 Å². The van der Waals surface area contributed by atoms with Crippen LogP contribution in [0.25, 0.3) is 0 Å². The van der Waals surface area contributed by atoms with Gasteiger partial charge in [0.15, 0.2) is 45.1 Å². The SMILES string of the molecule is CC(C)(C)OC(=O)CBr.CC(C)(C)OC(=O)CS(=O)(=O)CCCN1C(=O)C=CC1=O.CC(C)(C)OC(=O)CS(=O)(=O)CCCO.CC(C)(C)OC(=O)CSCCCO.CCCCO.N=S.O=C(CS(=O)(=O)CCCN1C(=O)C=CC1=O)ON1C(=O)CCC1=O.O=C(O)CS(=O)(=O)CCCN1C(=O)C=CC1=O.O=C1C=CC(=O)N1.O=CO[O-].[Na+]. The molecule has 0 bridgehead atoms. The Morgan fingerprint density at radius 3 is 1.00 bits per heavy atom. The number of ether oxygens (including phenoxy) is 4. The number of aliphatic hydroxyl groups is 3. The van der Waals surface area contributed by atoms with Crippen LogP contribution in [-0.4, -0.2) is 300 Å². The second-order valence-corrected chi connectivity index (χ2v) is 37.9. The van der Waals surface area contributed by atoms with E-state index in [1.165, 1.54) is 23.9 Å². The number of carbonyl (C=O) groups excluding carboxylic acids is 16. The van der Waals surface area contributed by atoms with E-state index < -0.39 is 156 Å². The minimum atomic E-state index is -3.88. The number of carboxylic acid groups (broad SMARTS) is 1. The Kier molecular flexibility index (Phi) is 64.3. The van der Waals surface area contributed by atoms with E-state index in [9.17, 15) is 110 Å². The van der Waals surface area contributed by atoms with Crippen LogP contribution in [0.2, 0.25) is 0 Å². The number of thioether (sulfide) groups is 1. The van der Waals surface area contributed by atoms with Gasteiger partial charge in [0.05, 0.1) is 28.8 Å². The summed E-state index contributed by atoms with van der Waals surface area (Å²) < 4.78 is 117. The van der Waals surface area contributed by atoms with Crippen molar-refractivity contribution in [3.8, 4) is 0 Å². The number of nitrogens with one attached hydrogen (secondary N) is 2. The van der Waals surface area contributed by atoms with Gasteiger partial charge in [0.25, 0.3) is 65.5 Å². The summed E-state index contributed by atoms with van der Waals surface area (Å²) in [7, 11) is -14.6. The van der Waals surface area contributed by atoms with Crippen molar-refractivity contribution in [1.29, 1.82) is 4.78 Å². The molecule has 0 aromatic rings. The fourth-order valence-corrected chi connectivity index (χ4v) is 13.0. The molecule has 0 aromatic heterocycles. The van der Waals surface area contributed by atoms with Gasteiger partial charge in [0, 0.05) is 113 Å². The second kappa shape index (κ2) is 62.5. The number of rotatable bonds is 33. The summed E-state index contributed by atoms with van der Waals surface area (Å²) in [4.78, 5) is 195. The Balaban J connectivity index is -0.000000310. The molecule has 1 fully saturated rings. The number of alkyl halides is 1. The summed E-state index contributed by atoms with van der Waals surface area (Å²) in [6.45, 7) is 23.1. The van der Waals surface area contributed by atoms with Crippen LogP contribution in [0.4, 0.5) is 0 Å².